The van der Waals surface area contributed by atoms with E-state index in [2.05, 4.69) is 9.97 Å². The molecule has 0 unspecified atom stereocenters. The SMILES string of the molecule is O=C([B]c1cc(Cl)nc(Cl)n1)OCc1ccccc1. The van der Waals surface area contributed by atoms with Crippen LogP contribution in [0.3, 0.4) is 0 Å². The summed E-state index contributed by atoms with van der Waals surface area (Å²) in [6.07, 6.45) is 0. The second kappa shape index (κ2) is 6.54. The molecule has 0 aliphatic carbocycles. The highest BCUT2D eigenvalue weighted by molar-refractivity contribution is 6.82. The number of ether oxygens (including phenoxy) is 1. The van der Waals surface area contributed by atoms with Gasteiger partial charge in [0.25, 0.3) is 5.87 Å². The molecular formula is C12H8BCl2N2O2. The van der Waals surface area contributed by atoms with Crippen LogP contribution in [0.4, 0.5) is 4.79 Å². The molecule has 1 radical (unpaired) electrons. The van der Waals surface area contributed by atoms with Crippen molar-refractivity contribution in [3.8, 4) is 0 Å². The molecule has 4 nitrogen and oxygen atoms in total. The number of aromatic nitrogens is 2. The summed E-state index contributed by atoms with van der Waals surface area (Å²) >= 11 is 11.3. The van der Waals surface area contributed by atoms with Crippen LogP contribution >= 0.6 is 23.2 Å². The second-order valence-corrected chi connectivity index (χ2v) is 4.35. The molecule has 7 heteroatoms. The van der Waals surface area contributed by atoms with Crippen LogP contribution in [0.1, 0.15) is 5.56 Å². The Kier molecular flexibility index (Phi) is 4.77. The van der Waals surface area contributed by atoms with Gasteiger partial charge in [0.1, 0.15) is 11.8 Å². The highest BCUT2D eigenvalue weighted by Crippen LogP contribution is 2.05. The van der Waals surface area contributed by atoms with Gasteiger partial charge in [0.15, 0.2) is 0 Å². The molecule has 0 aliphatic heterocycles. The van der Waals surface area contributed by atoms with Crippen molar-refractivity contribution in [2.24, 2.45) is 0 Å². The van der Waals surface area contributed by atoms with Crippen LogP contribution < -0.4 is 5.59 Å². The van der Waals surface area contributed by atoms with Gasteiger partial charge in [-0.3, -0.25) is 4.79 Å². The summed E-state index contributed by atoms with van der Waals surface area (Å²) in [4.78, 5) is 19.1. The van der Waals surface area contributed by atoms with Crippen molar-refractivity contribution in [2.75, 3.05) is 0 Å². The molecule has 0 amide bonds. The Morgan fingerprint density at radius 3 is 2.63 bits per heavy atom. The number of halogens is 2. The molecule has 1 aromatic carbocycles. The van der Waals surface area contributed by atoms with Gasteiger partial charge in [-0.1, -0.05) is 41.9 Å². The van der Waals surface area contributed by atoms with Crippen LogP contribution in [-0.4, -0.2) is 23.1 Å². The van der Waals surface area contributed by atoms with Crippen molar-refractivity contribution in [1.82, 2.24) is 9.97 Å². The average Bonchev–Trinajstić information content (AvgIpc) is 2.36. The van der Waals surface area contributed by atoms with E-state index in [9.17, 15) is 4.79 Å². The van der Waals surface area contributed by atoms with Crippen molar-refractivity contribution in [2.45, 2.75) is 6.61 Å². The van der Waals surface area contributed by atoms with Crippen LogP contribution in [0.5, 0.6) is 0 Å². The Balaban J connectivity index is 1.91. The number of carbonyl (C=O) groups is 1. The predicted molar refractivity (Wildman–Crippen MR) is 74.1 cm³/mol. The summed E-state index contributed by atoms with van der Waals surface area (Å²) in [5.41, 5.74) is 1.21. The first-order valence-electron chi connectivity index (χ1n) is 5.39. The van der Waals surface area contributed by atoms with Gasteiger partial charge in [-0.05, 0) is 23.2 Å². The molecule has 0 saturated carbocycles. The Morgan fingerprint density at radius 2 is 1.95 bits per heavy atom. The third kappa shape index (κ3) is 4.54. The lowest BCUT2D eigenvalue weighted by atomic mass is 9.74. The zero-order valence-corrected chi connectivity index (χ0v) is 11.2. The Morgan fingerprint density at radius 1 is 1.21 bits per heavy atom. The number of nitrogens with zero attached hydrogens (tertiary/aromatic N) is 2. The molecule has 0 bridgehead atoms. The van der Waals surface area contributed by atoms with Gasteiger partial charge in [0.2, 0.25) is 5.28 Å². The lowest BCUT2D eigenvalue weighted by Gasteiger charge is -2.04. The van der Waals surface area contributed by atoms with E-state index >= 15 is 0 Å². The number of benzene rings is 1. The van der Waals surface area contributed by atoms with Gasteiger partial charge in [0, 0.05) is 5.59 Å². The van der Waals surface area contributed by atoms with E-state index in [4.69, 9.17) is 27.9 Å². The number of carbonyl (C=O) groups excluding carboxylic acids is 1. The van der Waals surface area contributed by atoms with Crippen molar-refractivity contribution >= 4 is 41.9 Å². The highest BCUT2D eigenvalue weighted by Gasteiger charge is 2.11. The fourth-order valence-electron chi connectivity index (χ4n) is 1.37. The van der Waals surface area contributed by atoms with Crippen molar-refractivity contribution in [3.05, 3.63) is 52.4 Å². The maximum absolute atomic E-state index is 11.6. The molecule has 0 fully saturated rings. The average molecular weight is 294 g/mol. The zero-order valence-electron chi connectivity index (χ0n) is 9.72. The van der Waals surface area contributed by atoms with Crippen LogP contribution in [0.2, 0.25) is 10.4 Å². The lowest BCUT2D eigenvalue weighted by molar-refractivity contribution is 0.166. The van der Waals surface area contributed by atoms with E-state index in [1.54, 1.807) is 0 Å². The van der Waals surface area contributed by atoms with E-state index in [0.29, 0.717) is 5.59 Å². The molecule has 0 spiro atoms. The molecule has 19 heavy (non-hydrogen) atoms. The van der Waals surface area contributed by atoms with Gasteiger partial charge in [-0.15, -0.1) is 0 Å². The quantitative estimate of drug-likeness (QED) is 0.494. The maximum atomic E-state index is 11.6. The monoisotopic (exact) mass is 293 g/mol. The highest BCUT2D eigenvalue weighted by atomic mass is 35.5. The van der Waals surface area contributed by atoms with Crippen molar-refractivity contribution in [1.29, 1.82) is 0 Å². The molecule has 0 saturated heterocycles. The molecule has 1 aromatic heterocycles. The lowest BCUT2D eigenvalue weighted by Crippen LogP contribution is -2.27. The topological polar surface area (TPSA) is 52.1 Å². The predicted octanol–water partition coefficient (Wildman–Crippen LogP) is 2.45. The van der Waals surface area contributed by atoms with Gasteiger partial charge < -0.3 is 4.74 Å². The van der Waals surface area contributed by atoms with E-state index < -0.39 is 5.87 Å². The van der Waals surface area contributed by atoms with Gasteiger partial charge in [0.05, 0.1) is 0 Å². The fraction of sp³-hybridized carbons (Fsp3) is 0.0833. The Hall–Kier alpha value is -1.59. The molecule has 95 valence electrons. The summed E-state index contributed by atoms with van der Waals surface area (Å²) in [5.74, 6) is -0.519. The largest absolute Gasteiger partial charge is 0.469 e. The fourth-order valence-corrected chi connectivity index (χ4v) is 1.80. The first-order chi connectivity index (χ1) is 9.13. The van der Waals surface area contributed by atoms with E-state index in [1.807, 2.05) is 30.3 Å². The molecule has 2 aromatic rings. The van der Waals surface area contributed by atoms with Crippen molar-refractivity contribution in [3.63, 3.8) is 0 Å². The summed E-state index contributed by atoms with van der Waals surface area (Å²) in [7, 11) is 1.21. The third-order valence-corrected chi connectivity index (χ3v) is 2.54. The number of hydrogen-bond donors (Lipinski definition) is 0. The molecule has 0 atom stereocenters. The molecule has 1 heterocycles. The summed E-state index contributed by atoms with van der Waals surface area (Å²) in [6, 6.07) is 10.8. The molecule has 2 rings (SSSR count). The standard InChI is InChI=1S/C12H8BCl2N2O2/c14-10-6-9(16-12(15)17-10)13-11(18)19-7-8-4-2-1-3-5-8/h1-6H,7H2. The van der Waals surface area contributed by atoms with Crippen LogP contribution in [0.25, 0.3) is 0 Å². The minimum atomic E-state index is -0.519. The molecular weight excluding hydrogens is 286 g/mol. The zero-order chi connectivity index (χ0) is 13.7. The minimum absolute atomic E-state index is 0.0189. The number of rotatable bonds is 4. The van der Waals surface area contributed by atoms with E-state index in [0.717, 1.165) is 5.56 Å². The van der Waals surface area contributed by atoms with Gasteiger partial charge >= 0.3 is 7.28 Å². The van der Waals surface area contributed by atoms with Crippen LogP contribution in [0.15, 0.2) is 36.4 Å². The third-order valence-electron chi connectivity index (χ3n) is 2.18. The first kappa shape index (κ1) is 13.8. The maximum Gasteiger partial charge on any atom is 0.324 e. The van der Waals surface area contributed by atoms with Crippen LogP contribution in [0, 0.1) is 0 Å². The van der Waals surface area contributed by atoms with Crippen molar-refractivity contribution < 1.29 is 9.53 Å². The van der Waals surface area contributed by atoms with Gasteiger partial charge in [-0.25, -0.2) is 9.97 Å². The van der Waals surface area contributed by atoms with Crippen LogP contribution in [-0.2, 0) is 11.3 Å². The second-order valence-electron chi connectivity index (χ2n) is 3.62. The van der Waals surface area contributed by atoms with E-state index in [-0.39, 0.29) is 17.0 Å². The van der Waals surface area contributed by atoms with Gasteiger partial charge in [-0.2, -0.15) is 0 Å². The summed E-state index contributed by atoms with van der Waals surface area (Å²) < 4.78 is 5.07. The normalized spacial score (nSPS) is 10.0. The number of hydrogen-bond acceptors (Lipinski definition) is 4. The molecule has 0 aliphatic rings. The Bertz CT molecular complexity index is 561. The summed E-state index contributed by atoms with van der Waals surface area (Å²) in [5, 5.41) is 0.150. The summed E-state index contributed by atoms with van der Waals surface area (Å²) in [6.45, 7) is 0.197. The Labute approximate surface area is 121 Å². The smallest absolute Gasteiger partial charge is 0.324 e. The molecule has 0 N–H and O–H groups in total. The first-order valence-corrected chi connectivity index (χ1v) is 6.14. The van der Waals surface area contributed by atoms with E-state index in [1.165, 1.54) is 13.3 Å². The minimum Gasteiger partial charge on any atom is -0.469 e.